The number of hydrogen-bond acceptors (Lipinski definition) is 6. The summed E-state index contributed by atoms with van der Waals surface area (Å²) >= 11 is 2.99. The van der Waals surface area contributed by atoms with Crippen molar-refractivity contribution in [2.75, 3.05) is 5.73 Å². The van der Waals surface area contributed by atoms with Gasteiger partial charge in [-0.2, -0.15) is 0 Å². The van der Waals surface area contributed by atoms with E-state index >= 15 is 0 Å². The molecule has 2 aromatic heterocycles. The highest BCUT2D eigenvalue weighted by molar-refractivity contribution is 7.22. The number of nitrogens with zero attached hydrogens (tertiary/aromatic N) is 2. The first-order valence-corrected chi connectivity index (χ1v) is 8.03. The van der Waals surface area contributed by atoms with Gasteiger partial charge in [0.05, 0.1) is 22.5 Å². The number of rotatable bonds is 3. The number of nitrogens with two attached hydrogens (primary N) is 1. The average molecular weight is 318 g/mol. The van der Waals surface area contributed by atoms with Gasteiger partial charge in [0.2, 0.25) is 0 Å². The third kappa shape index (κ3) is 2.88. The number of thiazole rings is 2. The second-order valence-corrected chi connectivity index (χ2v) is 7.02. The summed E-state index contributed by atoms with van der Waals surface area (Å²) in [6, 6.07) is 5.39. The van der Waals surface area contributed by atoms with Gasteiger partial charge in [0.25, 0.3) is 5.91 Å². The predicted octanol–water partition coefficient (Wildman–Crippen LogP) is 2.88. The van der Waals surface area contributed by atoms with Crippen molar-refractivity contribution in [2.24, 2.45) is 0 Å². The predicted molar refractivity (Wildman–Crippen MR) is 86.8 cm³/mol. The van der Waals surface area contributed by atoms with E-state index in [1.54, 1.807) is 17.4 Å². The normalized spacial score (nSPS) is 11.0. The molecule has 3 aromatic rings. The van der Waals surface area contributed by atoms with E-state index in [2.05, 4.69) is 15.3 Å². The van der Waals surface area contributed by atoms with E-state index in [9.17, 15) is 4.79 Å². The SMILES string of the molecule is Cc1nc(CNC(=O)c2ccc3nc(N)sc3c2)sc1C. The third-order valence-electron chi connectivity index (χ3n) is 3.14. The molecule has 5 nitrogen and oxygen atoms in total. The van der Waals surface area contributed by atoms with E-state index in [-0.39, 0.29) is 5.91 Å². The number of nitrogen functional groups attached to an aromatic ring is 1. The smallest absolute Gasteiger partial charge is 0.251 e. The summed E-state index contributed by atoms with van der Waals surface area (Å²) in [6.45, 7) is 4.45. The van der Waals surface area contributed by atoms with Crippen LogP contribution in [0, 0.1) is 13.8 Å². The highest BCUT2D eigenvalue weighted by Gasteiger charge is 2.10. The first-order chi connectivity index (χ1) is 10.0. The third-order valence-corrected chi connectivity index (χ3v) is 5.06. The Balaban J connectivity index is 1.74. The molecule has 0 saturated heterocycles. The van der Waals surface area contributed by atoms with E-state index in [4.69, 9.17) is 5.73 Å². The van der Waals surface area contributed by atoms with Gasteiger partial charge in [0.1, 0.15) is 5.01 Å². The van der Waals surface area contributed by atoms with Gasteiger partial charge in [-0.1, -0.05) is 11.3 Å². The van der Waals surface area contributed by atoms with Crippen LogP contribution in [0.5, 0.6) is 0 Å². The number of hydrogen-bond donors (Lipinski definition) is 2. The van der Waals surface area contributed by atoms with Crippen LogP contribution in [-0.2, 0) is 6.54 Å². The molecule has 7 heteroatoms. The van der Waals surface area contributed by atoms with Crippen molar-refractivity contribution in [1.29, 1.82) is 0 Å². The number of aryl methyl sites for hydroxylation is 2. The Morgan fingerprint density at radius 3 is 2.81 bits per heavy atom. The molecule has 0 bridgehead atoms. The van der Waals surface area contributed by atoms with Crippen LogP contribution in [0.2, 0.25) is 0 Å². The minimum absolute atomic E-state index is 0.116. The minimum Gasteiger partial charge on any atom is -0.375 e. The fourth-order valence-electron chi connectivity index (χ4n) is 1.96. The van der Waals surface area contributed by atoms with Gasteiger partial charge >= 0.3 is 0 Å². The first kappa shape index (κ1) is 14.0. The Bertz CT molecular complexity index is 802. The van der Waals surface area contributed by atoms with E-state index in [0.717, 1.165) is 20.9 Å². The van der Waals surface area contributed by atoms with Crippen molar-refractivity contribution in [1.82, 2.24) is 15.3 Å². The van der Waals surface area contributed by atoms with Crippen LogP contribution in [0.1, 0.15) is 25.9 Å². The van der Waals surface area contributed by atoms with Gasteiger partial charge in [-0.15, -0.1) is 11.3 Å². The minimum atomic E-state index is -0.116. The van der Waals surface area contributed by atoms with Crippen LogP contribution in [0.4, 0.5) is 5.13 Å². The summed E-state index contributed by atoms with van der Waals surface area (Å²) in [7, 11) is 0. The lowest BCUT2D eigenvalue weighted by Gasteiger charge is -2.03. The van der Waals surface area contributed by atoms with Gasteiger partial charge in [0.15, 0.2) is 5.13 Å². The lowest BCUT2D eigenvalue weighted by molar-refractivity contribution is 0.0951. The standard InChI is InChI=1S/C14H14N4OS2/c1-7-8(2)20-12(17-7)6-16-13(19)9-3-4-10-11(5-9)21-14(15)18-10/h3-5H,6H2,1-2H3,(H2,15,18)(H,16,19). The summed E-state index contributed by atoms with van der Waals surface area (Å²) in [6.07, 6.45) is 0. The van der Waals surface area contributed by atoms with Crippen molar-refractivity contribution in [3.8, 4) is 0 Å². The number of carbonyl (C=O) groups is 1. The van der Waals surface area contributed by atoms with Crippen molar-refractivity contribution >= 4 is 43.9 Å². The molecule has 0 saturated carbocycles. The molecule has 3 N–H and O–H groups in total. The average Bonchev–Trinajstić information content (AvgIpc) is 2.97. The molecule has 0 atom stereocenters. The largest absolute Gasteiger partial charge is 0.375 e. The van der Waals surface area contributed by atoms with E-state index < -0.39 is 0 Å². The van der Waals surface area contributed by atoms with E-state index in [1.807, 2.05) is 26.0 Å². The Kier molecular flexibility index (Phi) is 3.60. The highest BCUT2D eigenvalue weighted by atomic mass is 32.1. The maximum atomic E-state index is 12.2. The number of amides is 1. The zero-order valence-corrected chi connectivity index (χ0v) is 13.3. The highest BCUT2D eigenvalue weighted by Crippen LogP contribution is 2.24. The van der Waals surface area contributed by atoms with Crippen molar-refractivity contribution in [3.63, 3.8) is 0 Å². The zero-order chi connectivity index (χ0) is 15.0. The molecule has 108 valence electrons. The summed E-state index contributed by atoms with van der Waals surface area (Å²) in [5.74, 6) is -0.116. The van der Waals surface area contributed by atoms with Crippen molar-refractivity contribution in [2.45, 2.75) is 20.4 Å². The van der Waals surface area contributed by atoms with Crippen LogP contribution in [0.3, 0.4) is 0 Å². The molecule has 0 aliphatic carbocycles. The number of aromatic nitrogens is 2. The maximum Gasteiger partial charge on any atom is 0.251 e. The Morgan fingerprint density at radius 1 is 1.29 bits per heavy atom. The fourth-order valence-corrected chi connectivity index (χ4v) is 3.60. The molecule has 0 fully saturated rings. The van der Waals surface area contributed by atoms with E-state index in [1.165, 1.54) is 16.2 Å². The van der Waals surface area contributed by atoms with Gasteiger partial charge in [-0.25, -0.2) is 9.97 Å². The molecule has 0 aliphatic rings. The molecule has 0 spiro atoms. The zero-order valence-electron chi connectivity index (χ0n) is 11.6. The second kappa shape index (κ2) is 5.42. The topological polar surface area (TPSA) is 80.9 Å². The van der Waals surface area contributed by atoms with Crippen LogP contribution in [0.15, 0.2) is 18.2 Å². The number of nitrogens with one attached hydrogen (secondary N) is 1. The molecule has 1 aromatic carbocycles. The molecule has 0 aliphatic heterocycles. The monoisotopic (exact) mass is 318 g/mol. The van der Waals surface area contributed by atoms with Crippen LogP contribution < -0.4 is 11.1 Å². The molecule has 21 heavy (non-hydrogen) atoms. The first-order valence-electron chi connectivity index (χ1n) is 6.40. The summed E-state index contributed by atoms with van der Waals surface area (Å²) in [5.41, 5.74) is 8.11. The summed E-state index contributed by atoms with van der Waals surface area (Å²) < 4.78 is 0.918. The van der Waals surface area contributed by atoms with Gasteiger partial charge in [-0.05, 0) is 32.0 Å². The molecule has 0 unspecified atom stereocenters. The molecule has 1 amide bonds. The number of anilines is 1. The quantitative estimate of drug-likeness (QED) is 0.778. The Morgan fingerprint density at radius 2 is 2.10 bits per heavy atom. The lowest BCUT2D eigenvalue weighted by atomic mass is 10.2. The Labute approximate surface area is 129 Å². The van der Waals surface area contributed by atoms with Gasteiger partial charge < -0.3 is 11.1 Å². The molecule has 2 heterocycles. The van der Waals surface area contributed by atoms with Gasteiger partial charge in [-0.3, -0.25) is 4.79 Å². The molecule has 0 radical (unpaired) electrons. The summed E-state index contributed by atoms with van der Waals surface area (Å²) in [5, 5.41) is 4.32. The Hall–Kier alpha value is -1.99. The molecular formula is C14H14N4OS2. The van der Waals surface area contributed by atoms with Crippen LogP contribution in [-0.4, -0.2) is 15.9 Å². The second-order valence-electron chi connectivity index (χ2n) is 4.67. The van der Waals surface area contributed by atoms with Crippen LogP contribution >= 0.6 is 22.7 Å². The number of carbonyl (C=O) groups excluding carboxylic acids is 1. The lowest BCUT2D eigenvalue weighted by Crippen LogP contribution is -2.22. The summed E-state index contributed by atoms with van der Waals surface area (Å²) in [4.78, 5) is 21.9. The van der Waals surface area contributed by atoms with Crippen molar-refractivity contribution < 1.29 is 4.79 Å². The fraction of sp³-hybridized carbons (Fsp3) is 0.214. The maximum absolute atomic E-state index is 12.2. The number of benzene rings is 1. The van der Waals surface area contributed by atoms with Gasteiger partial charge in [0, 0.05) is 10.4 Å². The number of fused-ring (bicyclic) bond motifs is 1. The van der Waals surface area contributed by atoms with Crippen molar-refractivity contribution in [3.05, 3.63) is 39.3 Å². The van der Waals surface area contributed by atoms with E-state index in [0.29, 0.717) is 17.2 Å². The molecular weight excluding hydrogens is 304 g/mol. The van der Waals surface area contributed by atoms with Crippen LogP contribution in [0.25, 0.3) is 10.2 Å². The molecule has 3 rings (SSSR count).